The fourth-order valence-corrected chi connectivity index (χ4v) is 5.41. The van der Waals surface area contributed by atoms with Crippen LogP contribution in [0.4, 0.5) is 23.4 Å². The summed E-state index contributed by atoms with van der Waals surface area (Å²) in [5.41, 5.74) is -1.94. The van der Waals surface area contributed by atoms with Gasteiger partial charge in [-0.2, -0.15) is 18.2 Å². The summed E-state index contributed by atoms with van der Waals surface area (Å²) in [6.45, 7) is 6.18. The molecule has 1 saturated heterocycles. The molecule has 218 valence electrons. The van der Waals surface area contributed by atoms with Crippen molar-refractivity contribution in [3.63, 3.8) is 0 Å². The van der Waals surface area contributed by atoms with Gasteiger partial charge in [-0.15, -0.1) is 0 Å². The number of fused-ring (bicyclic) bond motifs is 1. The smallest absolute Gasteiger partial charge is 0.393 e. The van der Waals surface area contributed by atoms with E-state index in [-0.39, 0.29) is 76.0 Å². The van der Waals surface area contributed by atoms with Crippen molar-refractivity contribution in [3.05, 3.63) is 88.1 Å². The number of piperazine rings is 1. The molecular formula is C29H24ClF4N5O3. The van der Waals surface area contributed by atoms with Crippen LogP contribution in [0.5, 0.6) is 5.75 Å². The molecule has 1 N–H and O–H groups in total. The van der Waals surface area contributed by atoms with Gasteiger partial charge in [-0.25, -0.2) is 18.7 Å². The van der Waals surface area contributed by atoms with Crippen LogP contribution in [-0.2, 0) is 11.2 Å². The minimum Gasteiger partial charge on any atom is -0.507 e. The fourth-order valence-electron chi connectivity index (χ4n) is 5.16. The maximum Gasteiger partial charge on any atom is 0.393 e. The zero-order valence-corrected chi connectivity index (χ0v) is 23.0. The van der Waals surface area contributed by atoms with Gasteiger partial charge in [0.2, 0.25) is 5.91 Å². The van der Waals surface area contributed by atoms with Gasteiger partial charge in [-0.1, -0.05) is 42.4 Å². The first-order valence-corrected chi connectivity index (χ1v) is 13.2. The molecule has 0 aliphatic carbocycles. The Hall–Kier alpha value is -4.45. The number of rotatable bonds is 5. The van der Waals surface area contributed by atoms with Crippen molar-refractivity contribution in [2.24, 2.45) is 0 Å². The lowest BCUT2D eigenvalue weighted by molar-refractivity contribution is -0.127. The SMILES string of the molecule is C=CC(=O)N1CCN(c2nc(=O)n(-c3ccccc3CC(F)(F)F)c3nc(-c4c(O)cccc4F)c(Cl)cc23)C(C)C1. The number of amides is 1. The lowest BCUT2D eigenvalue weighted by Crippen LogP contribution is -2.54. The molecule has 8 nitrogen and oxygen atoms in total. The molecule has 4 aromatic rings. The van der Waals surface area contributed by atoms with Crippen molar-refractivity contribution in [1.82, 2.24) is 19.4 Å². The molecule has 0 radical (unpaired) electrons. The first-order chi connectivity index (χ1) is 19.9. The van der Waals surface area contributed by atoms with Gasteiger partial charge in [-0.3, -0.25) is 4.79 Å². The number of carbonyl (C=O) groups excluding carboxylic acids is 1. The van der Waals surface area contributed by atoms with Crippen molar-refractivity contribution in [2.45, 2.75) is 25.6 Å². The molecule has 42 heavy (non-hydrogen) atoms. The lowest BCUT2D eigenvalue weighted by Gasteiger charge is -2.40. The monoisotopic (exact) mass is 601 g/mol. The summed E-state index contributed by atoms with van der Waals surface area (Å²) in [5, 5.41) is 10.6. The molecule has 2 aromatic carbocycles. The van der Waals surface area contributed by atoms with E-state index in [0.29, 0.717) is 0 Å². The number of carbonyl (C=O) groups is 1. The highest BCUT2D eigenvalue weighted by Crippen LogP contribution is 2.39. The highest BCUT2D eigenvalue weighted by Gasteiger charge is 2.32. The second kappa shape index (κ2) is 11.1. The van der Waals surface area contributed by atoms with Crippen LogP contribution in [0, 0.1) is 5.82 Å². The average molecular weight is 602 g/mol. The van der Waals surface area contributed by atoms with Gasteiger partial charge in [0.1, 0.15) is 17.4 Å². The van der Waals surface area contributed by atoms with E-state index in [1.165, 1.54) is 48.5 Å². The van der Waals surface area contributed by atoms with Crippen molar-refractivity contribution in [1.29, 1.82) is 0 Å². The van der Waals surface area contributed by atoms with Gasteiger partial charge in [0.15, 0.2) is 5.65 Å². The first-order valence-electron chi connectivity index (χ1n) is 12.8. The van der Waals surface area contributed by atoms with E-state index in [4.69, 9.17) is 11.6 Å². The first kappa shape index (κ1) is 29.1. The zero-order chi connectivity index (χ0) is 30.3. The summed E-state index contributed by atoms with van der Waals surface area (Å²) in [6.07, 6.45) is -4.70. The number of aromatic nitrogens is 3. The van der Waals surface area contributed by atoms with Crippen LogP contribution in [-0.4, -0.2) is 62.3 Å². The Kier molecular flexibility index (Phi) is 7.67. The molecular weight excluding hydrogens is 578 g/mol. The Balaban J connectivity index is 1.80. The summed E-state index contributed by atoms with van der Waals surface area (Å²) in [4.78, 5) is 38.0. The minimum atomic E-state index is -4.58. The summed E-state index contributed by atoms with van der Waals surface area (Å²) in [6, 6.07) is 10.1. The maximum atomic E-state index is 14.9. The van der Waals surface area contributed by atoms with E-state index in [0.717, 1.165) is 10.6 Å². The summed E-state index contributed by atoms with van der Waals surface area (Å²) in [7, 11) is 0. The van der Waals surface area contributed by atoms with E-state index >= 15 is 0 Å². The van der Waals surface area contributed by atoms with Crippen molar-refractivity contribution in [2.75, 3.05) is 24.5 Å². The van der Waals surface area contributed by atoms with E-state index < -0.39 is 29.9 Å². The standard InChI is InChI=1S/C29H24ClF4N5O3/c1-3-23(41)37-11-12-38(16(2)15-37)26-18-13-19(30)25(24-20(31)8-6-10-22(24)40)35-27(18)39(28(42)36-26)21-9-5-4-7-17(21)14-29(32,33)34/h3-10,13,16,40H,1,11-12,14-15H2,2H3. The van der Waals surface area contributed by atoms with Crippen LogP contribution in [0.25, 0.3) is 28.0 Å². The highest BCUT2D eigenvalue weighted by atomic mass is 35.5. The molecule has 1 unspecified atom stereocenters. The number of benzene rings is 2. The zero-order valence-electron chi connectivity index (χ0n) is 22.2. The van der Waals surface area contributed by atoms with Crippen molar-refractivity contribution >= 4 is 34.4 Å². The van der Waals surface area contributed by atoms with Crippen LogP contribution in [0.3, 0.4) is 0 Å². The number of aromatic hydroxyl groups is 1. The van der Waals surface area contributed by atoms with E-state index in [1.807, 2.05) is 6.92 Å². The molecule has 1 atom stereocenters. The third kappa shape index (κ3) is 5.41. The fraction of sp³-hybridized carbons (Fsp3) is 0.241. The summed E-state index contributed by atoms with van der Waals surface area (Å²) < 4.78 is 56.3. The van der Waals surface area contributed by atoms with Gasteiger partial charge >= 0.3 is 11.9 Å². The minimum absolute atomic E-state index is 0.0900. The van der Waals surface area contributed by atoms with Crippen molar-refractivity contribution in [3.8, 4) is 22.7 Å². The van der Waals surface area contributed by atoms with E-state index in [1.54, 1.807) is 9.80 Å². The number of hydrogen-bond donors (Lipinski definition) is 1. The number of phenolic OH excluding ortho intramolecular Hbond substituents is 1. The molecule has 1 amide bonds. The Bertz CT molecular complexity index is 1750. The molecule has 5 rings (SSSR count). The highest BCUT2D eigenvalue weighted by molar-refractivity contribution is 6.34. The molecule has 1 aliphatic heterocycles. The molecule has 2 aromatic heterocycles. The van der Waals surface area contributed by atoms with Crippen LogP contribution < -0.4 is 10.6 Å². The third-order valence-corrected chi connectivity index (χ3v) is 7.33. The predicted octanol–water partition coefficient (Wildman–Crippen LogP) is 5.27. The van der Waals surface area contributed by atoms with E-state index in [9.17, 15) is 32.3 Å². The second-order valence-electron chi connectivity index (χ2n) is 9.83. The number of alkyl halides is 3. The van der Waals surface area contributed by atoms with Crippen LogP contribution in [0.15, 0.2) is 66.0 Å². The Morgan fingerprint density at radius 2 is 1.90 bits per heavy atom. The van der Waals surface area contributed by atoms with E-state index in [2.05, 4.69) is 16.5 Å². The number of nitrogens with zero attached hydrogens (tertiary/aromatic N) is 5. The predicted molar refractivity (Wildman–Crippen MR) is 151 cm³/mol. The number of para-hydroxylation sites is 1. The summed E-state index contributed by atoms with van der Waals surface area (Å²) >= 11 is 6.58. The van der Waals surface area contributed by atoms with Gasteiger partial charge in [0, 0.05) is 25.7 Å². The quantitative estimate of drug-likeness (QED) is 0.247. The maximum absolute atomic E-state index is 14.9. The lowest BCUT2D eigenvalue weighted by atomic mass is 10.1. The molecule has 0 spiro atoms. The Morgan fingerprint density at radius 3 is 2.57 bits per heavy atom. The van der Waals surface area contributed by atoms with Crippen LogP contribution in [0.1, 0.15) is 12.5 Å². The van der Waals surface area contributed by atoms with Gasteiger partial charge in [-0.05, 0) is 42.8 Å². The van der Waals surface area contributed by atoms with Gasteiger partial charge < -0.3 is 14.9 Å². The van der Waals surface area contributed by atoms with Crippen LogP contribution in [0.2, 0.25) is 5.02 Å². The Labute approximate surface area is 242 Å². The van der Waals surface area contributed by atoms with Crippen LogP contribution >= 0.6 is 11.6 Å². The number of pyridine rings is 1. The number of halogens is 5. The molecule has 13 heteroatoms. The van der Waals surface area contributed by atoms with Crippen molar-refractivity contribution < 1.29 is 27.5 Å². The topological polar surface area (TPSA) is 91.6 Å². The average Bonchev–Trinajstić information content (AvgIpc) is 2.92. The third-order valence-electron chi connectivity index (χ3n) is 7.04. The number of phenols is 1. The molecule has 3 heterocycles. The normalized spacial score (nSPS) is 15.7. The summed E-state index contributed by atoms with van der Waals surface area (Å²) in [5.74, 6) is -1.42. The second-order valence-corrected chi connectivity index (χ2v) is 10.2. The number of anilines is 1. The molecule has 0 saturated carbocycles. The largest absolute Gasteiger partial charge is 0.507 e. The van der Waals surface area contributed by atoms with Gasteiger partial charge in [0.05, 0.1) is 33.8 Å². The molecule has 1 fully saturated rings. The Morgan fingerprint density at radius 1 is 1.17 bits per heavy atom. The molecule has 0 bridgehead atoms. The van der Waals surface area contributed by atoms with Gasteiger partial charge in [0.25, 0.3) is 0 Å². The number of hydrogen-bond acceptors (Lipinski definition) is 6. The molecule has 1 aliphatic rings.